The first-order valence-corrected chi connectivity index (χ1v) is 45.9. The molecule has 3 aliphatic rings. The standard InChI is InChI=1S/C31H41ClN7O4P.C25H33N6O3P.C20H22ClN4O4PS/c1-37-14-7-15-39(19-18-37)31(40)43-23-12-16-38(17-13-23)22-10-11-25(27(20-22)42-2)35-30-33-21-24(32)29(36-30)34-26-8-5-6-9-28(26)44(3,4)41;1-30-12-14-31(15-13-30)18-10-11-19(21(16-18)33-2)28-25-26-17-22(34-3)24(29-25)27-20-8-6-7-9-23(20)35(4,5)32;1-29-17-11-13(31(4,27)28)9-10-15(17)24-20-22-12-14(21)19(25-20)23-16-7-5-6-8-18(16)30(2,3)26/h5-6,8-11,20-21,23H,7,12-19H2,1-4H3,(H2,33,34,35,36);6-11,16-17H,12-15H2,1-5H3,(H2,26,27,28,29);5-12H,1-4H3,(H2,22,23,24,25). The van der Waals surface area contributed by atoms with Crippen LogP contribution in [0, 0.1) is 0 Å². The second kappa shape index (κ2) is 37.1. The first-order chi connectivity index (χ1) is 52.4. The van der Waals surface area contributed by atoms with E-state index in [2.05, 4.69) is 102 Å². The summed E-state index contributed by atoms with van der Waals surface area (Å²) < 4.78 is 89.8. The quantitative estimate of drug-likeness (QED) is 0.0324. The Morgan fingerprint density at radius 3 is 1.26 bits per heavy atom. The van der Waals surface area contributed by atoms with E-state index in [4.69, 9.17) is 46.9 Å². The maximum Gasteiger partial charge on any atom is 0.410 e. The van der Waals surface area contributed by atoms with Crippen molar-refractivity contribution in [2.75, 3.05) is 196 Å². The van der Waals surface area contributed by atoms with Crippen LogP contribution in [0.4, 0.5) is 85.6 Å². The lowest BCUT2D eigenvalue weighted by molar-refractivity contribution is 0.0528. The van der Waals surface area contributed by atoms with Gasteiger partial charge in [0.1, 0.15) is 54.8 Å². The number of hydrogen-bond acceptors (Lipinski definition) is 27. The van der Waals surface area contributed by atoms with Crippen molar-refractivity contribution in [3.63, 3.8) is 0 Å². The SMILES string of the molecule is COc1cc(N2CCC(OC(=O)N3CCCN(C)CC3)CC2)ccc1Nc1ncc(Cl)c(Nc2ccccc2P(C)(C)=O)n1.COc1cc(N2CCN(C)CC2)ccc1Nc1ncc(OC)c(Nc2ccccc2P(C)(C)=O)n1.COc1cc(S(C)(=O)=O)ccc1Nc1ncc(Cl)c(Nc2ccccc2P(C)(C)=O)n1. The van der Waals surface area contributed by atoms with Crippen molar-refractivity contribution >= 4 is 157 Å². The Labute approximate surface area is 653 Å². The zero-order valence-electron chi connectivity index (χ0n) is 64.0. The molecular weight excluding hydrogens is 1520 g/mol. The summed E-state index contributed by atoms with van der Waals surface area (Å²) in [4.78, 5) is 50.5. The van der Waals surface area contributed by atoms with Crippen LogP contribution in [-0.4, -0.2) is 219 Å². The van der Waals surface area contributed by atoms with Crippen LogP contribution < -0.4 is 76.6 Å². The molecule has 0 atom stereocenters. The summed E-state index contributed by atoms with van der Waals surface area (Å²) in [5, 5.41) is 21.9. The lowest BCUT2D eigenvalue weighted by atomic mass is 10.1. The molecule has 6 aromatic carbocycles. The highest BCUT2D eigenvalue weighted by molar-refractivity contribution is 7.90. The molecule has 6 N–H and O–H groups in total. The maximum absolute atomic E-state index is 12.8. The van der Waals surface area contributed by atoms with E-state index in [1.165, 1.54) is 31.6 Å². The number of anilines is 14. The Morgan fingerprint density at radius 2 is 0.827 bits per heavy atom. The molecule has 0 bridgehead atoms. The fourth-order valence-electron chi connectivity index (χ4n) is 12.3. The predicted octanol–water partition coefficient (Wildman–Crippen LogP) is 13.9. The fourth-order valence-corrected chi connectivity index (χ4v) is 16.7. The monoisotopic (exact) mass is 1620 g/mol. The van der Waals surface area contributed by atoms with Crippen LogP contribution >= 0.6 is 44.6 Å². The van der Waals surface area contributed by atoms with E-state index in [1.54, 1.807) is 85.7 Å². The number of rotatable bonds is 23. The van der Waals surface area contributed by atoms with Gasteiger partial charge >= 0.3 is 6.09 Å². The second-order valence-corrected chi connectivity index (χ2v) is 40.0. The summed E-state index contributed by atoms with van der Waals surface area (Å²) in [6.45, 7) is 19.2. The smallest absolute Gasteiger partial charge is 0.410 e. The highest BCUT2D eigenvalue weighted by atomic mass is 35.5. The van der Waals surface area contributed by atoms with Gasteiger partial charge in [0.15, 0.2) is 33.0 Å². The third kappa shape index (κ3) is 22.4. The Kier molecular flexibility index (Phi) is 28.0. The molecule has 0 saturated carbocycles. The number of nitrogens with one attached hydrogen (secondary N) is 6. The van der Waals surface area contributed by atoms with Gasteiger partial charge < -0.3 is 93.8 Å². The van der Waals surface area contributed by atoms with Crippen LogP contribution in [0.1, 0.15) is 19.3 Å². The van der Waals surface area contributed by atoms with E-state index in [-0.39, 0.29) is 28.1 Å². The van der Waals surface area contributed by atoms with Crippen LogP contribution in [0.25, 0.3) is 0 Å². The molecule has 3 aromatic heterocycles. The summed E-state index contributed by atoms with van der Waals surface area (Å²) in [6.07, 6.45) is 7.89. The van der Waals surface area contributed by atoms with Gasteiger partial charge in [-0.25, -0.2) is 28.2 Å². The van der Waals surface area contributed by atoms with Crippen LogP contribution in [0.3, 0.4) is 0 Å². The van der Waals surface area contributed by atoms with E-state index in [1.807, 2.05) is 95.9 Å². The number of likely N-dealkylation sites (N-methyl/N-ethyl adjacent to an activating group) is 2. The number of piperidine rings is 1. The molecule has 0 unspecified atom stereocenters. The van der Waals surface area contributed by atoms with Gasteiger partial charge in [0.05, 0.1) is 86.0 Å². The number of carbonyl (C=O) groups is 1. The van der Waals surface area contributed by atoms with Crippen molar-refractivity contribution in [2.24, 2.45) is 0 Å². The average molecular weight is 1620 g/mol. The van der Waals surface area contributed by atoms with Gasteiger partial charge in [0, 0.05) is 123 Å². The zero-order valence-corrected chi connectivity index (χ0v) is 69.1. The number of hydrogen-bond donors (Lipinski definition) is 6. The summed E-state index contributed by atoms with van der Waals surface area (Å²) in [7, 11) is -0.437. The number of methoxy groups -OCH3 is 4. The van der Waals surface area contributed by atoms with Crippen LogP contribution in [0.5, 0.6) is 23.0 Å². The average Bonchev–Trinajstić information content (AvgIpc) is 0.970. The number of piperazine rings is 1. The normalized spacial score (nSPS) is 14.6. The van der Waals surface area contributed by atoms with Gasteiger partial charge in [0.2, 0.25) is 17.8 Å². The Hall–Kier alpha value is -9.43. The van der Waals surface area contributed by atoms with E-state index in [0.717, 1.165) is 112 Å². The Balaban J connectivity index is 0.000000179. The number of aromatic nitrogens is 6. The number of para-hydroxylation sites is 3. The first kappa shape index (κ1) is 83.1. The molecule has 3 fully saturated rings. The largest absolute Gasteiger partial charge is 0.495 e. The summed E-state index contributed by atoms with van der Waals surface area (Å²) >= 11 is 12.7. The van der Waals surface area contributed by atoms with Gasteiger partial charge in [-0.2, -0.15) is 15.0 Å². The van der Waals surface area contributed by atoms with E-state index < -0.39 is 31.3 Å². The zero-order chi connectivity index (χ0) is 79.1. The first-order valence-electron chi connectivity index (χ1n) is 35.5. The molecule has 0 aliphatic carbocycles. The molecule has 9 aromatic rings. The number of benzene rings is 6. The van der Waals surface area contributed by atoms with Crippen LogP contribution in [0.15, 0.2) is 151 Å². The molecule has 34 heteroatoms. The van der Waals surface area contributed by atoms with Crippen molar-refractivity contribution in [3.05, 3.63) is 156 Å². The summed E-state index contributed by atoms with van der Waals surface area (Å²) in [5.41, 5.74) is 6.12. The van der Waals surface area contributed by atoms with Crippen molar-refractivity contribution in [3.8, 4) is 23.0 Å². The van der Waals surface area contributed by atoms with Crippen molar-refractivity contribution in [2.45, 2.75) is 30.3 Å². The molecule has 3 saturated heterocycles. The number of ether oxygens (including phenoxy) is 5. The molecule has 110 heavy (non-hydrogen) atoms. The molecule has 0 radical (unpaired) electrons. The minimum atomic E-state index is -3.38. The molecule has 28 nitrogen and oxygen atoms in total. The topological polar surface area (TPSA) is 314 Å². The number of halogens is 2. The molecule has 3 aliphatic heterocycles. The Bertz CT molecular complexity index is 4990. The fraction of sp³-hybridized carbons (Fsp3) is 0.355. The molecule has 12 rings (SSSR count). The van der Waals surface area contributed by atoms with E-state index >= 15 is 0 Å². The van der Waals surface area contributed by atoms with Crippen molar-refractivity contribution in [1.82, 2.24) is 44.6 Å². The molecule has 1 amide bonds. The third-order valence-corrected chi connectivity index (χ3v) is 24.6. The number of nitrogens with zero attached hydrogens (tertiary/aromatic N) is 11. The minimum Gasteiger partial charge on any atom is -0.495 e. The molecular formula is C76H96Cl2N17O11P3S. The lowest BCUT2D eigenvalue weighted by Gasteiger charge is -2.34. The van der Waals surface area contributed by atoms with Gasteiger partial charge in [-0.05, 0) is 140 Å². The molecule has 586 valence electrons. The van der Waals surface area contributed by atoms with Crippen LogP contribution in [0.2, 0.25) is 10.0 Å². The maximum atomic E-state index is 12.8. The summed E-state index contributed by atoms with van der Waals surface area (Å²) in [5.74, 6) is 4.26. The number of carbonyl (C=O) groups excluding carboxylic acids is 1. The van der Waals surface area contributed by atoms with Crippen molar-refractivity contribution < 1.29 is 50.6 Å². The highest BCUT2D eigenvalue weighted by Gasteiger charge is 2.28. The summed E-state index contributed by atoms with van der Waals surface area (Å²) in [6, 6.07) is 38.7. The number of sulfone groups is 1. The highest BCUT2D eigenvalue weighted by Crippen LogP contribution is 2.43. The molecule has 6 heterocycles. The lowest BCUT2D eigenvalue weighted by Crippen LogP contribution is -2.44. The van der Waals surface area contributed by atoms with Crippen molar-refractivity contribution in [1.29, 1.82) is 0 Å². The second-order valence-electron chi connectivity index (χ2n) is 27.7. The Morgan fingerprint density at radius 1 is 0.445 bits per heavy atom. The van der Waals surface area contributed by atoms with E-state index in [0.29, 0.717) is 97.3 Å². The van der Waals surface area contributed by atoms with Gasteiger partial charge in [-0.3, -0.25) is 0 Å². The van der Waals surface area contributed by atoms with Gasteiger partial charge in [-0.1, -0.05) is 59.6 Å². The van der Waals surface area contributed by atoms with Crippen LogP contribution in [-0.2, 0) is 28.3 Å². The predicted molar refractivity (Wildman–Crippen MR) is 446 cm³/mol. The van der Waals surface area contributed by atoms with E-state index in [9.17, 15) is 26.9 Å². The minimum absolute atomic E-state index is 0.0824. The third-order valence-electron chi connectivity index (χ3n) is 18.3. The van der Waals surface area contributed by atoms with Gasteiger partial charge in [0.25, 0.3) is 0 Å². The van der Waals surface area contributed by atoms with Gasteiger partial charge in [-0.15, -0.1) is 0 Å². The molecule has 0 spiro atoms. The number of amides is 1.